The van der Waals surface area contributed by atoms with E-state index in [9.17, 15) is 14.9 Å². The van der Waals surface area contributed by atoms with Gasteiger partial charge in [-0.1, -0.05) is 0 Å². The van der Waals surface area contributed by atoms with Gasteiger partial charge in [-0.25, -0.2) is 4.79 Å². The van der Waals surface area contributed by atoms with Crippen LogP contribution >= 0.6 is 11.6 Å². The van der Waals surface area contributed by atoms with Crippen LogP contribution < -0.4 is 0 Å². The number of nitrogens with zero attached hydrogens (tertiary/aromatic N) is 1. The van der Waals surface area contributed by atoms with E-state index in [1.807, 2.05) is 0 Å². The third-order valence-corrected chi connectivity index (χ3v) is 2.10. The summed E-state index contributed by atoms with van der Waals surface area (Å²) in [4.78, 5) is 21.2. The zero-order chi connectivity index (χ0) is 13.5. The third-order valence-electron chi connectivity index (χ3n) is 1.97. The number of non-ortho nitro benzene ring substituents is 1. The predicted molar refractivity (Wildman–Crippen MR) is 68.4 cm³/mol. The average Bonchev–Trinajstić information content (AvgIpc) is 2.34. The van der Waals surface area contributed by atoms with Crippen molar-refractivity contribution in [2.45, 2.75) is 12.3 Å². The van der Waals surface area contributed by atoms with Crippen LogP contribution in [0.1, 0.15) is 12.5 Å². The van der Waals surface area contributed by atoms with Gasteiger partial charge in [0.2, 0.25) is 0 Å². The van der Waals surface area contributed by atoms with Crippen molar-refractivity contribution in [3.05, 3.63) is 46.0 Å². The van der Waals surface area contributed by atoms with Crippen molar-refractivity contribution in [1.82, 2.24) is 0 Å². The van der Waals surface area contributed by atoms with Crippen LogP contribution in [0.15, 0.2) is 30.3 Å². The lowest BCUT2D eigenvalue weighted by Gasteiger charge is -2.02. The predicted octanol–water partition coefficient (Wildman–Crippen LogP) is 2.78. The minimum atomic E-state index is -0.499. The van der Waals surface area contributed by atoms with Gasteiger partial charge in [0.25, 0.3) is 5.69 Å². The normalized spacial score (nSPS) is 12.3. The quantitative estimate of drug-likeness (QED) is 0.271. The van der Waals surface area contributed by atoms with Crippen LogP contribution in [-0.4, -0.2) is 22.9 Å². The fourth-order valence-corrected chi connectivity index (χ4v) is 1.18. The van der Waals surface area contributed by atoms with Gasteiger partial charge in [-0.2, -0.15) is 0 Å². The van der Waals surface area contributed by atoms with Gasteiger partial charge in [0.1, 0.15) is 6.61 Å². The van der Waals surface area contributed by atoms with E-state index in [2.05, 4.69) is 0 Å². The maximum absolute atomic E-state index is 11.2. The zero-order valence-electron chi connectivity index (χ0n) is 9.71. The molecule has 0 aliphatic heterocycles. The molecule has 1 aromatic carbocycles. The van der Waals surface area contributed by atoms with Crippen molar-refractivity contribution < 1.29 is 14.5 Å². The van der Waals surface area contributed by atoms with Crippen molar-refractivity contribution in [3.63, 3.8) is 0 Å². The Kier molecular flexibility index (Phi) is 5.32. The molecule has 1 aromatic rings. The molecule has 0 aromatic heterocycles. The number of rotatable bonds is 5. The number of hydrogen-bond acceptors (Lipinski definition) is 4. The van der Waals surface area contributed by atoms with Crippen LogP contribution in [0.25, 0.3) is 6.08 Å². The first-order valence-electron chi connectivity index (χ1n) is 5.22. The molecule has 0 bridgehead atoms. The first-order valence-corrected chi connectivity index (χ1v) is 5.66. The fraction of sp³-hybridized carbons (Fsp3) is 0.250. The van der Waals surface area contributed by atoms with Gasteiger partial charge in [0, 0.05) is 18.2 Å². The number of alkyl halides is 1. The Morgan fingerprint density at radius 3 is 2.61 bits per heavy atom. The Morgan fingerprint density at radius 1 is 1.50 bits per heavy atom. The van der Waals surface area contributed by atoms with E-state index in [4.69, 9.17) is 16.3 Å². The summed E-state index contributed by atoms with van der Waals surface area (Å²) in [6, 6.07) is 5.83. The number of benzene rings is 1. The molecule has 0 amide bonds. The second-order valence-electron chi connectivity index (χ2n) is 3.59. The second kappa shape index (κ2) is 6.76. The highest BCUT2D eigenvalue weighted by atomic mass is 35.5. The number of hydrogen-bond donors (Lipinski definition) is 0. The van der Waals surface area contributed by atoms with E-state index in [1.165, 1.54) is 24.3 Å². The van der Waals surface area contributed by atoms with E-state index in [0.717, 1.165) is 0 Å². The number of carbonyl (C=O) groups excluding carboxylic acids is 1. The highest BCUT2D eigenvalue weighted by molar-refractivity contribution is 6.20. The van der Waals surface area contributed by atoms with Gasteiger partial charge in [-0.3, -0.25) is 10.1 Å². The summed E-state index contributed by atoms with van der Waals surface area (Å²) >= 11 is 5.62. The maximum atomic E-state index is 11.2. The van der Waals surface area contributed by atoms with Crippen LogP contribution in [0.4, 0.5) is 5.69 Å². The molecular formula is C12H12ClNO4. The van der Waals surface area contributed by atoms with Crippen molar-refractivity contribution in [2.75, 3.05) is 6.61 Å². The van der Waals surface area contributed by atoms with Gasteiger partial charge < -0.3 is 4.74 Å². The average molecular weight is 270 g/mol. The molecule has 0 radical (unpaired) electrons. The molecule has 0 saturated carbocycles. The van der Waals surface area contributed by atoms with Gasteiger partial charge in [-0.05, 0) is 30.7 Å². The molecule has 1 rings (SSSR count). The van der Waals surface area contributed by atoms with Gasteiger partial charge in [0.05, 0.1) is 10.3 Å². The van der Waals surface area contributed by atoms with Gasteiger partial charge in [0.15, 0.2) is 0 Å². The molecule has 0 unspecified atom stereocenters. The van der Waals surface area contributed by atoms with E-state index >= 15 is 0 Å². The van der Waals surface area contributed by atoms with Crippen LogP contribution in [0, 0.1) is 10.1 Å². The first-order chi connectivity index (χ1) is 8.49. The van der Waals surface area contributed by atoms with Crippen molar-refractivity contribution >= 4 is 29.3 Å². The topological polar surface area (TPSA) is 69.4 Å². The fourth-order valence-electron chi connectivity index (χ4n) is 1.12. The number of nitro groups is 1. The van der Waals surface area contributed by atoms with E-state index in [0.29, 0.717) is 5.56 Å². The highest BCUT2D eigenvalue weighted by Crippen LogP contribution is 2.12. The molecular weight excluding hydrogens is 258 g/mol. The smallest absolute Gasteiger partial charge is 0.330 e. The lowest BCUT2D eigenvalue weighted by Crippen LogP contribution is -2.09. The summed E-state index contributed by atoms with van der Waals surface area (Å²) in [5.74, 6) is -0.499. The Hall–Kier alpha value is -1.88. The zero-order valence-corrected chi connectivity index (χ0v) is 10.5. The number of carbonyl (C=O) groups is 1. The van der Waals surface area contributed by atoms with E-state index in [-0.39, 0.29) is 17.7 Å². The summed E-state index contributed by atoms with van der Waals surface area (Å²) in [5.41, 5.74) is 0.683. The molecule has 0 heterocycles. The molecule has 18 heavy (non-hydrogen) atoms. The van der Waals surface area contributed by atoms with Crippen LogP contribution in [-0.2, 0) is 9.53 Å². The lowest BCUT2D eigenvalue weighted by molar-refractivity contribution is -0.384. The van der Waals surface area contributed by atoms with Gasteiger partial charge in [-0.15, -0.1) is 11.6 Å². The number of ether oxygens (including phenoxy) is 1. The summed E-state index contributed by atoms with van der Waals surface area (Å²) in [7, 11) is 0. The molecule has 5 nitrogen and oxygen atoms in total. The van der Waals surface area contributed by atoms with Gasteiger partial charge >= 0.3 is 5.97 Å². The summed E-state index contributed by atoms with van der Waals surface area (Å²) in [6.45, 7) is 1.86. The van der Waals surface area contributed by atoms with E-state index < -0.39 is 10.9 Å². The van der Waals surface area contributed by atoms with Crippen LogP contribution in [0.5, 0.6) is 0 Å². The summed E-state index contributed by atoms with van der Waals surface area (Å²) in [5, 5.41) is 10.2. The Balaban J connectivity index is 2.56. The molecule has 0 saturated heterocycles. The Morgan fingerprint density at radius 2 is 2.11 bits per heavy atom. The summed E-state index contributed by atoms with van der Waals surface area (Å²) < 4.78 is 4.82. The second-order valence-corrected chi connectivity index (χ2v) is 4.34. The molecule has 96 valence electrons. The van der Waals surface area contributed by atoms with Crippen LogP contribution in [0.3, 0.4) is 0 Å². The molecule has 0 aliphatic carbocycles. The van der Waals surface area contributed by atoms with Crippen LogP contribution in [0.2, 0.25) is 0 Å². The number of esters is 1. The van der Waals surface area contributed by atoms with E-state index in [1.54, 1.807) is 19.1 Å². The minimum Gasteiger partial charge on any atom is -0.461 e. The third kappa shape index (κ3) is 4.97. The molecule has 6 heteroatoms. The first kappa shape index (κ1) is 14.2. The summed E-state index contributed by atoms with van der Waals surface area (Å²) in [6.07, 6.45) is 2.77. The van der Waals surface area contributed by atoms with Crippen molar-refractivity contribution in [3.8, 4) is 0 Å². The minimum absolute atomic E-state index is 0.00527. The van der Waals surface area contributed by atoms with Crippen molar-refractivity contribution in [1.29, 1.82) is 0 Å². The molecule has 0 spiro atoms. The molecule has 0 fully saturated rings. The lowest BCUT2D eigenvalue weighted by atomic mass is 10.2. The Bertz CT molecular complexity index is 454. The Labute approximate surface area is 109 Å². The largest absolute Gasteiger partial charge is 0.461 e. The monoisotopic (exact) mass is 269 g/mol. The standard InChI is InChI=1S/C12H12ClNO4/c1-9(13)8-18-12(15)7-4-10-2-5-11(6-3-10)14(16)17/h2-7,9H,8H2,1H3/b7-4+/t9-/m1/s1. The molecule has 1 atom stereocenters. The maximum Gasteiger partial charge on any atom is 0.330 e. The number of halogens is 1. The number of nitro benzene ring substituents is 1. The molecule has 0 aliphatic rings. The molecule has 0 N–H and O–H groups in total. The van der Waals surface area contributed by atoms with Crippen molar-refractivity contribution in [2.24, 2.45) is 0 Å². The highest BCUT2D eigenvalue weighted by Gasteiger charge is 2.03. The SMILES string of the molecule is C[C@@H](Cl)COC(=O)/C=C/c1ccc([N+](=O)[O-])cc1.